The Kier molecular flexibility index (Phi) is 4.57. The Morgan fingerprint density at radius 3 is 2.89 bits per heavy atom. The van der Waals surface area contributed by atoms with Gasteiger partial charge in [0.1, 0.15) is 6.33 Å². The smallest absolute Gasteiger partial charge is 0.204 e. The van der Waals surface area contributed by atoms with Crippen LogP contribution in [0.2, 0.25) is 0 Å². The second kappa shape index (κ2) is 6.38. The molecule has 19 heavy (non-hydrogen) atoms. The molecule has 0 spiro atoms. The van der Waals surface area contributed by atoms with Crippen LogP contribution in [0, 0.1) is 0 Å². The van der Waals surface area contributed by atoms with Crippen molar-refractivity contribution in [1.29, 1.82) is 0 Å². The molecule has 2 aromatic rings. The fraction of sp³-hybridized carbons (Fsp3) is 0.385. The SMILES string of the molecule is CCNc1ncnc(N(C)Cc2cccs2)c1OC. The fourth-order valence-electron chi connectivity index (χ4n) is 1.83. The standard InChI is InChI=1S/C13H18N4OS/c1-4-14-12-11(18-3)13(16-9-15-12)17(2)8-10-6-5-7-19-10/h5-7,9H,4,8H2,1-3H3,(H,14,15,16). The summed E-state index contributed by atoms with van der Waals surface area (Å²) in [5.74, 6) is 2.21. The van der Waals surface area contributed by atoms with E-state index in [0.717, 1.165) is 24.7 Å². The molecule has 0 aliphatic heterocycles. The van der Waals surface area contributed by atoms with Gasteiger partial charge in [-0.15, -0.1) is 11.3 Å². The van der Waals surface area contributed by atoms with Gasteiger partial charge in [0.05, 0.1) is 13.7 Å². The maximum absolute atomic E-state index is 5.44. The van der Waals surface area contributed by atoms with Crippen molar-refractivity contribution >= 4 is 23.0 Å². The van der Waals surface area contributed by atoms with E-state index in [2.05, 4.69) is 37.7 Å². The van der Waals surface area contributed by atoms with Crippen molar-refractivity contribution in [3.8, 4) is 5.75 Å². The Balaban J connectivity index is 2.25. The van der Waals surface area contributed by atoms with Crippen LogP contribution in [-0.2, 0) is 6.54 Å². The summed E-state index contributed by atoms with van der Waals surface area (Å²) in [6, 6.07) is 4.16. The van der Waals surface area contributed by atoms with Crippen LogP contribution in [0.5, 0.6) is 5.75 Å². The predicted octanol–water partition coefficient (Wildman–Crippen LogP) is 2.61. The van der Waals surface area contributed by atoms with E-state index in [1.54, 1.807) is 24.8 Å². The zero-order chi connectivity index (χ0) is 13.7. The first kappa shape index (κ1) is 13.6. The van der Waals surface area contributed by atoms with Crippen LogP contribution in [0.1, 0.15) is 11.8 Å². The minimum absolute atomic E-state index is 0.684. The molecule has 2 heterocycles. The highest BCUT2D eigenvalue weighted by molar-refractivity contribution is 7.09. The normalized spacial score (nSPS) is 10.3. The Morgan fingerprint density at radius 1 is 1.42 bits per heavy atom. The van der Waals surface area contributed by atoms with E-state index in [4.69, 9.17) is 4.74 Å². The van der Waals surface area contributed by atoms with Crippen LogP contribution in [0.25, 0.3) is 0 Å². The fourth-order valence-corrected chi connectivity index (χ4v) is 2.59. The van der Waals surface area contributed by atoms with E-state index in [-0.39, 0.29) is 0 Å². The molecular formula is C13H18N4OS. The summed E-state index contributed by atoms with van der Waals surface area (Å²) >= 11 is 1.73. The zero-order valence-electron chi connectivity index (χ0n) is 11.4. The number of nitrogens with zero attached hydrogens (tertiary/aromatic N) is 3. The van der Waals surface area contributed by atoms with Crippen LogP contribution in [0.4, 0.5) is 11.6 Å². The molecule has 0 saturated carbocycles. The van der Waals surface area contributed by atoms with Crippen molar-refractivity contribution in [1.82, 2.24) is 9.97 Å². The van der Waals surface area contributed by atoms with E-state index >= 15 is 0 Å². The highest BCUT2D eigenvalue weighted by Gasteiger charge is 2.15. The molecule has 0 aliphatic carbocycles. The van der Waals surface area contributed by atoms with Gasteiger partial charge in [0.25, 0.3) is 0 Å². The molecule has 2 rings (SSSR count). The molecule has 0 radical (unpaired) electrons. The highest BCUT2D eigenvalue weighted by Crippen LogP contribution is 2.32. The zero-order valence-corrected chi connectivity index (χ0v) is 12.2. The van der Waals surface area contributed by atoms with Gasteiger partial charge in [-0.3, -0.25) is 0 Å². The summed E-state index contributed by atoms with van der Waals surface area (Å²) in [6.07, 6.45) is 1.56. The summed E-state index contributed by atoms with van der Waals surface area (Å²) in [4.78, 5) is 11.9. The highest BCUT2D eigenvalue weighted by atomic mass is 32.1. The van der Waals surface area contributed by atoms with Gasteiger partial charge < -0.3 is 15.0 Å². The average Bonchev–Trinajstić information content (AvgIpc) is 2.91. The average molecular weight is 278 g/mol. The first-order chi connectivity index (χ1) is 9.26. The van der Waals surface area contributed by atoms with Gasteiger partial charge >= 0.3 is 0 Å². The lowest BCUT2D eigenvalue weighted by molar-refractivity contribution is 0.412. The number of hydrogen-bond donors (Lipinski definition) is 1. The van der Waals surface area contributed by atoms with E-state index in [1.807, 2.05) is 14.0 Å². The first-order valence-electron chi connectivity index (χ1n) is 6.12. The van der Waals surface area contributed by atoms with E-state index in [0.29, 0.717) is 5.75 Å². The van der Waals surface area contributed by atoms with E-state index < -0.39 is 0 Å². The Hall–Kier alpha value is -1.82. The van der Waals surface area contributed by atoms with E-state index in [1.165, 1.54) is 4.88 Å². The van der Waals surface area contributed by atoms with Crippen molar-refractivity contribution in [3.63, 3.8) is 0 Å². The third-order valence-corrected chi connectivity index (χ3v) is 3.53. The summed E-state index contributed by atoms with van der Waals surface area (Å²) in [7, 11) is 3.64. The molecule has 0 saturated heterocycles. The van der Waals surface area contributed by atoms with Gasteiger partial charge in [0.15, 0.2) is 11.6 Å². The van der Waals surface area contributed by atoms with Gasteiger partial charge in [0.2, 0.25) is 5.75 Å². The van der Waals surface area contributed by atoms with Gasteiger partial charge in [0, 0.05) is 18.5 Å². The second-order valence-corrected chi connectivity index (χ2v) is 5.08. The molecule has 0 aromatic carbocycles. The van der Waals surface area contributed by atoms with Crippen molar-refractivity contribution in [2.75, 3.05) is 30.9 Å². The molecule has 102 valence electrons. The molecule has 0 atom stereocenters. The number of anilines is 2. The van der Waals surface area contributed by atoms with Crippen molar-refractivity contribution in [2.45, 2.75) is 13.5 Å². The first-order valence-corrected chi connectivity index (χ1v) is 7.00. The Labute approximate surface area is 117 Å². The number of aromatic nitrogens is 2. The quantitative estimate of drug-likeness (QED) is 0.880. The molecule has 0 aliphatic rings. The lowest BCUT2D eigenvalue weighted by atomic mass is 10.4. The molecule has 1 N–H and O–H groups in total. The van der Waals surface area contributed by atoms with Crippen LogP contribution in [0.3, 0.4) is 0 Å². The monoisotopic (exact) mass is 278 g/mol. The molecule has 0 fully saturated rings. The molecule has 0 unspecified atom stereocenters. The van der Waals surface area contributed by atoms with Gasteiger partial charge in [-0.25, -0.2) is 9.97 Å². The predicted molar refractivity (Wildman–Crippen MR) is 79.2 cm³/mol. The molecule has 6 heteroatoms. The lowest BCUT2D eigenvalue weighted by Gasteiger charge is -2.21. The number of methoxy groups -OCH3 is 1. The summed E-state index contributed by atoms with van der Waals surface area (Å²) < 4.78 is 5.44. The lowest BCUT2D eigenvalue weighted by Crippen LogP contribution is -2.19. The minimum atomic E-state index is 0.684. The largest absolute Gasteiger partial charge is 0.490 e. The Morgan fingerprint density at radius 2 is 2.26 bits per heavy atom. The molecule has 0 bridgehead atoms. The van der Waals surface area contributed by atoms with Crippen molar-refractivity contribution < 1.29 is 4.74 Å². The van der Waals surface area contributed by atoms with Crippen LogP contribution in [0.15, 0.2) is 23.8 Å². The molecule has 0 amide bonds. The maximum Gasteiger partial charge on any atom is 0.204 e. The van der Waals surface area contributed by atoms with Gasteiger partial charge in [-0.1, -0.05) is 6.07 Å². The Bertz CT molecular complexity index is 515. The number of thiophene rings is 1. The van der Waals surface area contributed by atoms with Crippen molar-refractivity contribution in [3.05, 3.63) is 28.7 Å². The number of hydrogen-bond acceptors (Lipinski definition) is 6. The minimum Gasteiger partial charge on any atom is -0.490 e. The summed E-state index contributed by atoms with van der Waals surface area (Å²) in [6.45, 7) is 3.62. The van der Waals surface area contributed by atoms with Crippen LogP contribution >= 0.6 is 11.3 Å². The van der Waals surface area contributed by atoms with E-state index in [9.17, 15) is 0 Å². The van der Waals surface area contributed by atoms with Gasteiger partial charge in [-0.2, -0.15) is 0 Å². The molecule has 2 aromatic heterocycles. The third kappa shape index (κ3) is 3.14. The van der Waals surface area contributed by atoms with Crippen LogP contribution in [-0.4, -0.2) is 30.7 Å². The maximum atomic E-state index is 5.44. The third-order valence-electron chi connectivity index (χ3n) is 2.67. The number of ether oxygens (including phenoxy) is 1. The topological polar surface area (TPSA) is 50.3 Å². The molecule has 5 nitrogen and oxygen atoms in total. The number of rotatable bonds is 6. The summed E-state index contributed by atoms with van der Waals surface area (Å²) in [5, 5.41) is 5.25. The van der Waals surface area contributed by atoms with Gasteiger partial charge in [-0.05, 0) is 18.4 Å². The van der Waals surface area contributed by atoms with Crippen LogP contribution < -0.4 is 15.0 Å². The summed E-state index contributed by atoms with van der Waals surface area (Å²) in [5.41, 5.74) is 0. The number of nitrogens with one attached hydrogen (secondary N) is 1. The molecular weight excluding hydrogens is 260 g/mol. The second-order valence-electron chi connectivity index (χ2n) is 4.04. The van der Waals surface area contributed by atoms with Crippen molar-refractivity contribution in [2.24, 2.45) is 0 Å².